The lowest BCUT2D eigenvalue weighted by atomic mass is 9.89. The van der Waals surface area contributed by atoms with Gasteiger partial charge in [0.15, 0.2) is 0 Å². The summed E-state index contributed by atoms with van der Waals surface area (Å²) in [6.07, 6.45) is 6.22. The number of aromatic nitrogens is 1. The van der Waals surface area contributed by atoms with Crippen molar-refractivity contribution < 1.29 is 0 Å². The summed E-state index contributed by atoms with van der Waals surface area (Å²) in [5, 5.41) is 8.95. The summed E-state index contributed by atoms with van der Waals surface area (Å²) < 4.78 is 2.28. The van der Waals surface area contributed by atoms with Crippen molar-refractivity contribution in [3.8, 4) is 6.07 Å². The molecule has 3 nitrogen and oxygen atoms in total. The third-order valence-corrected chi connectivity index (χ3v) is 3.21. The van der Waals surface area contributed by atoms with Gasteiger partial charge in [0, 0.05) is 30.9 Å². The minimum Gasteiger partial charge on any atom is -0.351 e. The molecule has 100 valence electrons. The lowest BCUT2D eigenvalue weighted by Gasteiger charge is -2.15. The molecular weight excluding hydrogens is 222 g/mol. The van der Waals surface area contributed by atoms with Crippen molar-refractivity contribution in [2.75, 3.05) is 0 Å². The molecule has 0 aromatic carbocycles. The third kappa shape index (κ3) is 4.93. The van der Waals surface area contributed by atoms with Crippen LogP contribution in [0.1, 0.15) is 45.7 Å². The molecule has 0 aliphatic carbocycles. The number of nitriles is 1. The average Bonchev–Trinajstić information content (AvgIpc) is 2.71. The standard InChI is InChI=1S/C15H25N3/c1-13(17)11-14-7-6-10-18(14)9-5-4-8-15(2,3)12-16/h6-7,10,13H,4-5,8-9,11,17H2,1-3H3. The normalized spacial score (nSPS) is 13.3. The first-order valence-corrected chi connectivity index (χ1v) is 6.75. The molecule has 0 saturated heterocycles. The Labute approximate surface area is 111 Å². The fourth-order valence-corrected chi connectivity index (χ4v) is 2.09. The molecule has 0 radical (unpaired) electrons. The second-order valence-corrected chi connectivity index (χ2v) is 5.83. The summed E-state index contributed by atoms with van der Waals surface area (Å²) in [5.41, 5.74) is 6.95. The zero-order valence-electron chi connectivity index (χ0n) is 11.8. The van der Waals surface area contributed by atoms with Crippen LogP contribution < -0.4 is 5.73 Å². The van der Waals surface area contributed by atoms with Crippen LogP contribution in [0.25, 0.3) is 0 Å². The lowest BCUT2D eigenvalue weighted by Crippen LogP contribution is -2.20. The van der Waals surface area contributed by atoms with E-state index in [1.54, 1.807) is 0 Å². The zero-order valence-corrected chi connectivity index (χ0v) is 11.8. The highest BCUT2D eigenvalue weighted by atomic mass is 15.0. The summed E-state index contributed by atoms with van der Waals surface area (Å²) >= 11 is 0. The Morgan fingerprint density at radius 2 is 2.17 bits per heavy atom. The van der Waals surface area contributed by atoms with Crippen molar-refractivity contribution in [3.05, 3.63) is 24.0 Å². The van der Waals surface area contributed by atoms with Crippen LogP contribution in [0.4, 0.5) is 0 Å². The number of hydrogen-bond acceptors (Lipinski definition) is 2. The molecule has 0 aliphatic heterocycles. The van der Waals surface area contributed by atoms with Crippen LogP contribution >= 0.6 is 0 Å². The molecule has 1 heterocycles. The molecule has 0 spiro atoms. The van der Waals surface area contributed by atoms with Gasteiger partial charge in [-0.05, 0) is 45.7 Å². The number of aryl methyl sites for hydroxylation is 1. The Balaban J connectivity index is 2.36. The van der Waals surface area contributed by atoms with Gasteiger partial charge in [-0.25, -0.2) is 0 Å². The summed E-state index contributed by atoms with van der Waals surface area (Å²) in [6, 6.07) is 6.78. The maximum Gasteiger partial charge on any atom is 0.0683 e. The van der Waals surface area contributed by atoms with E-state index in [1.807, 2.05) is 20.8 Å². The van der Waals surface area contributed by atoms with Crippen LogP contribution in [-0.4, -0.2) is 10.6 Å². The van der Waals surface area contributed by atoms with Crippen molar-refractivity contribution in [1.82, 2.24) is 4.57 Å². The van der Waals surface area contributed by atoms with Gasteiger partial charge in [0.25, 0.3) is 0 Å². The number of unbranched alkanes of at least 4 members (excludes halogenated alkanes) is 1. The summed E-state index contributed by atoms with van der Waals surface area (Å²) in [7, 11) is 0. The second kappa shape index (κ2) is 6.61. The largest absolute Gasteiger partial charge is 0.351 e. The Kier molecular flexibility index (Phi) is 5.43. The van der Waals surface area contributed by atoms with Gasteiger partial charge in [-0.15, -0.1) is 0 Å². The van der Waals surface area contributed by atoms with E-state index in [0.717, 1.165) is 32.2 Å². The van der Waals surface area contributed by atoms with Gasteiger partial charge >= 0.3 is 0 Å². The highest BCUT2D eigenvalue weighted by Crippen LogP contribution is 2.22. The minimum atomic E-state index is -0.189. The van der Waals surface area contributed by atoms with E-state index in [-0.39, 0.29) is 11.5 Å². The molecule has 0 saturated carbocycles. The van der Waals surface area contributed by atoms with Crippen molar-refractivity contribution >= 4 is 0 Å². The molecule has 0 bridgehead atoms. The van der Waals surface area contributed by atoms with Crippen molar-refractivity contribution in [1.29, 1.82) is 5.26 Å². The quantitative estimate of drug-likeness (QED) is 0.753. The van der Waals surface area contributed by atoms with Crippen LogP contribution in [0.3, 0.4) is 0 Å². The van der Waals surface area contributed by atoms with E-state index in [1.165, 1.54) is 5.69 Å². The first kappa shape index (κ1) is 14.8. The van der Waals surface area contributed by atoms with Crippen LogP contribution in [0, 0.1) is 16.7 Å². The fourth-order valence-electron chi connectivity index (χ4n) is 2.09. The Morgan fingerprint density at radius 3 is 2.78 bits per heavy atom. The van der Waals surface area contributed by atoms with Crippen LogP contribution in [0.2, 0.25) is 0 Å². The predicted molar refractivity (Wildman–Crippen MR) is 75.0 cm³/mol. The molecule has 2 N–H and O–H groups in total. The minimum absolute atomic E-state index is 0.189. The Hall–Kier alpha value is -1.27. The van der Waals surface area contributed by atoms with Gasteiger partial charge in [0.2, 0.25) is 0 Å². The summed E-state index contributed by atoms with van der Waals surface area (Å²) in [4.78, 5) is 0. The van der Waals surface area contributed by atoms with Gasteiger partial charge in [0.05, 0.1) is 11.5 Å². The summed E-state index contributed by atoms with van der Waals surface area (Å²) in [6.45, 7) is 7.07. The average molecular weight is 247 g/mol. The molecule has 1 rings (SSSR count). The number of nitrogens with two attached hydrogens (primary N) is 1. The molecule has 1 aromatic rings. The van der Waals surface area contributed by atoms with E-state index in [0.29, 0.717) is 0 Å². The highest BCUT2D eigenvalue weighted by molar-refractivity contribution is 5.08. The predicted octanol–water partition coefficient (Wildman–Crippen LogP) is 3.10. The number of hydrogen-bond donors (Lipinski definition) is 1. The van der Waals surface area contributed by atoms with E-state index >= 15 is 0 Å². The van der Waals surface area contributed by atoms with Gasteiger partial charge in [-0.3, -0.25) is 0 Å². The molecule has 1 unspecified atom stereocenters. The Morgan fingerprint density at radius 1 is 1.44 bits per heavy atom. The van der Waals surface area contributed by atoms with Gasteiger partial charge in [0.1, 0.15) is 0 Å². The Bertz CT molecular complexity index is 396. The summed E-state index contributed by atoms with van der Waals surface area (Å²) in [5.74, 6) is 0. The molecular formula is C15H25N3. The van der Waals surface area contributed by atoms with Gasteiger partial charge in [-0.2, -0.15) is 5.26 Å². The zero-order chi connectivity index (χ0) is 13.6. The molecule has 0 aliphatic rings. The molecule has 1 atom stereocenters. The van der Waals surface area contributed by atoms with E-state index in [2.05, 4.69) is 29.0 Å². The van der Waals surface area contributed by atoms with Gasteiger partial charge in [-0.1, -0.05) is 6.42 Å². The fraction of sp³-hybridized carbons (Fsp3) is 0.667. The first-order chi connectivity index (χ1) is 8.44. The highest BCUT2D eigenvalue weighted by Gasteiger charge is 2.15. The maximum absolute atomic E-state index is 8.95. The SMILES string of the molecule is CC(N)Cc1cccn1CCCCC(C)(C)C#N. The van der Waals surface area contributed by atoms with Crippen LogP contribution in [0.15, 0.2) is 18.3 Å². The smallest absolute Gasteiger partial charge is 0.0683 e. The van der Waals surface area contributed by atoms with Crippen LogP contribution in [0.5, 0.6) is 0 Å². The van der Waals surface area contributed by atoms with E-state index < -0.39 is 0 Å². The third-order valence-electron chi connectivity index (χ3n) is 3.21. The number of nitrogens with zero attached hydrogens (tertiary/aromatic N) is 2. The number of rotatable bonds is 7. The van der Waals surface area contributed by atoms with E-state index in [9.17, 15) is 0 Å². The molecule has 18 heavy (non-hydrogen) atoms. The molecule has 0 amide bonds. The second-order valence-electron chi connectivity index (χ2n) is 5.83. The van der Waals surface area contributed by atoms with E-state index in [4.69, 9.17) is 11.0 Å². The first-order valence-electron chi connectivity index (χ1n) is 6.75. The lowest BCUT2D eigenvalue weighted by molar-refractivity contribution is 0.415. The van der Waals surface area contributed by atoms with Crippen molar-refractivity contribution in [2.24, 2.45) is 11.1 Å². The van der Waals surface area contributed by atoms with Crippen LogP contribution in [-0.2, 0) is 13.0 Å². The topological polar surface area (TPSA) is 54.7 Å². The van der Waals surface area contributed by atoms with Crippen molar-refractivity contribution in [2.45, 2.75) is 59.0 Å². The maximum atomic E-state index is 8.95. The monoisotopic (exact) mass is 247 g/mol. The van der Waals surface area contributed by atoms with Gasteiger partial charge < -0.3 is 10.3 Å². The molecule has 1 aromatic heterocycles. The molecule has 3 heteroatoms. The van der Waals surface area contributed by atoms with Crippen molar-refractivity contribution in [3.63, 3.8) is 0 Å². The molecule has 0 fully saturated rings.